The molecule has 6 heteroatoms. The number of fused-ring (bicyclic) bond motifs is 3. The Morgan fingerprint density at radius 2 is 1.82 bits per heavy atom. The molecule has 3 aromatic rings. The summed E-state index contributed by atoms with van der Waals surface area (Å²) < 4.78 is 5.22. The van der Waals surface area contributed by atoms with Crippen molar-refractivity contribution in [2.24, 2.45) is 0 Å². The van der Waals surface area contributed by atoms with E-state index in [1.54, 1.807) is 18.2 Å². The Morgan fingerprint density at radius 1 is 1.04 bits per heavy atom. The molecule has 1 amide bonds. The number of ether oxygens (including phenoxy) is 1. The number of hydrogen-bond donors (Lipinski definition) is 2. The van der Waals surface area contributed by atoms with E-state index >= 15 is 0 Å². The first kappa shape index (κ1) is 18.5. The zero-order valence-corrected chi connectivity index (χ0v) is 16.7. The lowest BCUT2D eigenvalue weighted by Gasteiger charge is -2.13. The van der Waals surface area contributed by atoms with Crippen LogP contribution < -0.4 is 15.4 Å². The van der Waals surface area contributed by atoms with Gasteiger partial charge in [0, 0.05) is 10.7 Å². The van der Waals surface area contributed by atoms with Crippen molar-refractivity contribution >= 4 is 40.5 Å². The summed E-state index contributed by atoms with van der Waals surface area (Å²) in [4.78, 5) is 12.5. The standard InChI is InChI=1S/C22H17ClN2O2S/c1-27-20-9-6-15(23)12-19(20)21(26)25-22(28)24-16-7-8-18-14(11-16)10-13-4-2-3-5-17(13)18/h2-9,11-12H,10H2,1H3,(H2,24,25,26,28). The van der Waals surface area contributed by atoms with E-state index in [0.717, 1.165) is 12.1 Å². The highest BCUT2D eigenvalue weighted by Crippen LogP contribution is 2.37. The summed E-state index contributed by atoms with van der Waals surface area (Å²) >= 11 is 11.3. The van der Waals surface area contributed by atoms with Crippen molar-refractivity contribution in [1.82, 2.24) is 5.32 Å². The number of methoxy groups -OCH3 is 1. The SMILES string of the molecule is COc1ccc(Cl)cc1C(=O)NC(=S)Nc1ccc2c(c1)Cc1ccccc1-2. The van der Waals surface area contributed by atoms with Crippen molar-refractivity contribution in [1.29, 1.82) is 0 Å². The first-order valence-corrected chi connectivity index (χ1v) is 9.51. The Morgan fingerprint density at radius 3 is 2.64 bits per heavy atom. The summed E-state index contributed by atoms with van der Waals surface area (Å²) in [5.41, 5.74) is 6.21. The van der Waals surface area contributed by atoms with E-state index in [1.807, 2.05) is 6.07 Å². The Labute approximate surface area is 173 Å². The van der Waals surface area contributed by atoms with Gasteiger partial charge in [-0.3, -0.25) is 10.1 Å². The summed E-state index contributed by atoms with van der Waals surface area (Å²) in [5.74, 6) is 0.0467. The smallest absolute Gasteiger partial charge is 0.261 e. The molecule has 1 aliphatic carbocycles. The number of carbonyl (C=O) groups is 1. The normalized spacial score (nSPS) is 11.4. The van der Waals surface area contributed by atoms with Crippen molar-refractivity contribution in [3.05, 3.63) is 82.4 Å². The lowest BCUT2D eigenvalue weighted by atomic mass is 10.1. The second-order valence-electron chi connectivity index (χ2n) is 6.46. The molecule has 0 saturated carbocycles. The Kier molecular flexibility index (Phi) is 5.03. The molecule has 0 bridgehead atoms. The molecular weight excluding hydrogens is 392 g/mol. The van der Waals surface area contributed by atoms with E-state index in [9.17, 15) is 4.79 Å². The van der Waals surface area contributed by atoms with Crippen LogP contribution >= 0.6 is 23.8 Å². The largest absolute Gasteiger partial charge is 0.496 e. The molecule has 1 aliphatic rings. The van der Waals surface area contributed by atoms with Crippen LogP contribution in [0.5, 0.6) is 5.75 Å². The highest BCUT2D eigenvalue weighted by Gasteiger charge is 2.18. The Bertz CT molecular complexity index is 1100. The molecule has 140 valence electrons. The van der Waals surface area contributed by atoms with E-state index in [-0.39, 0.29) is 11.0 Å². The molecule has 0 spiro atoms. The van der Waals surface area contributed by atoms with Gasteiger partial charge in [-0.2, -0.15) is 0 Å². The van der Waals surface area contributed by atoms with Gasteiger partial charge in [0.15, 0.2) is 5.11 Å². The molecule has 2 N–H and O–H groups in total. The van der Waals surface area contributed by atoms with Crippen LogP contribution in [0, 0.1) is 0 Å². The number of rotatable bonds is 3. The fourth-order valence-corrected chi connectivity index (χ4v) is 3.80. The first-order valence-electron chi connectivity index (χ1n) is 8.72. The predicted octanol–water partition coefficient (Wildman–Crippen LogP) is 5.05. The maximum absolute atomic E-state index is 12.5. The maximum atomic E-state index is 12.5. The van der Waals surface area contributed by atoms with Gasteiger partial charge in [-0.25, -0.2) is 0 Å². The van der Waals surface area contributed by atoms with Crippen LogP contribution in [0.1, 0.15) is 21.5 Å². The van der Waals surface area contributed by atoms with Crippen molar-refractivity contribution in [3.63, 3.8) is 0 Å². The molecule has 4 rings (SSSR count). The van der Waals surface area contributed by atoms with Crippen LogP contribution in [0.3, 0.4) is 0 Å². The fourth-order valence-electron chi connectivity index (χ4n) is 3.41. The molecule has 0 radical (unpaired) electrons. The maximum Gasteiger partial charge on any atom is 0.261 e. The average Bonchev–Trinajstić information content (AvgIpc) is 3.05. The van der Waals surface area contributed by atoms with Gasteiger partial charge in [0.1, 0.15) is 5.75 Å². The summed E-state index contributed by atoms with van der Waals surface area (Å²) in [5, 5.41) is 6.41. The number of thiocarbonyl (C=S) groups is 1. The minimum atomic E-state index is -0.384. The summed E-state index contributed by atoms with van der Waals surface area (Å²) in [6, 6.07) is 19.3. The van der Waals surface area contributed by atoms with Gasteiger partial charge in [0.2, 0.25) is 0 Å². The van der Waals surface area contributed by atoms with Crippen LogP contribution in [0.2, 0.25) is 5.02 Å². The lowest BCUT2D eigenvalue weighted by molar-refractivity contribution is 0.0975. The zero-order valence-electron chi connectivity index (χ0n) is 15.1. The highest BCUT2D eigenvalue weighted by molar-refractivity contribution is 7.80. The molecule has 0 aromatic heterocycles. The molecule has 0 aliphatic heterocycles. The van der Waals surface area contributed by atoms with Gasteiger partial charge in [0.25, 0.3) is 5.91 Å². The molecule has 3 aromatic carbocycles. The Hall–Kier alpha value is -2.89. The van der Waals surface area contributed by atoms with E-state index < -0.39 is 0 Å². The molecule has 0 fully saturated rings. The number of benzene rings is 3. The number of amides is 1. The third-order valence-electron chi connectivity index (χ3n) is 4.68. The summed E-state index contributed by atoms with van der Waals surface area (Å²) in [6.07, 6.45) is 0.889. The van der Waals surface area contributed by atoms with E-state index in [4.69, 9.17) is 28.6 Å². The molecular formula is C22H17ClN2O2S. The molecule has 0 heterocycles. The summed E-state index contributed by atoms with van der Waals surface area (Å²) in [7, 11) is 1.50. The molecule has 0 atom stereocenters. The van der Waals surface area contributed by atoms with Crippen LogP contribution in [0.15, 0.2) is 60.7 Å². The van der Waals surface area contributed by atoms with Gasteiger partial charge < -0.3 is 10.1 Å². The number of anilines is 1. The second-order valence-corrected chi connectivity index (χ2v) is 7.30. The third-order valence-corrected chi connectivity index (χ3v) is 5.12. The van der Waals surface area contributed by atoms with Crippen molar-refractivity contribution in [2.45, 2.75) is 6.42 Å². The first-order chi connectivity index (χ1) is 13.5. The minimum Gasteiger partial charge on any atom is -0.496 e. The minimum absolute atomic E-state index is 0.211. The van der Waals surface area contributed by atoms with Gasteiger partial charge >= 0.3 is 0 Å². The van der Waals surface area contributed by atoms with Gasteiger partial charge in [-0.05, 0) is 71.2 Å². The van der Waals surface area contributed by atoms with Crippen molar-refractivity contribution in [3.8, 4) is 16.9 Å². The van der Waals surface area contributed by atoms with Gasteiger partial charge in [0.05, 0.1) is 12.7 Å². The third kappa shape index (κ3) is 3.59. The predicted molar refractivity (Wildman–Crippen MR) is 116 cm³/mol. The number of carbonyl (C=O) groups excluding carboxylic acids is 1. The Balaban J connectivity index is 1.47. The number of halogens is 1. The van der Waals surface area contributed by atoms with Crippen LogP contribution in [0.4, 0.5) is 5.69 Å². The van der Waals surface area contributed by atoms with Crippen molar-refractivity contribution < 1.29 is 9.53 Å². The van der Waals surface area contributed by atoms with E-state index in [2.05, 4.69) is 47.0 Å². The average molecular weight is 409 g/mol. The molecule has 0 unspecified atom stereocenters. The van der Waals surface area contributed by atoms with Gasteiger partial charge in [-0.1, -0.05) is 41.9 Å². The topological polar surface area (TPSA) is 50.4 Å². The quantitative estimate of drug-likeness (QED) is 0.466. The molecule has 4 nitrogen and oxygen atoms in total. The van der Waals surface area contributed by atoms with Crippen molar-refractivity contribution in [2.75, 3.05) is 12.4 Å². The zero-order chi connectivity index (χ0) is 19.7. The molecule has 28 heavy (non-hydrogen) atoms. The highest BCUT2D eigenvalue weighted by atomic mass is 35.5. The number of nitrogens with one attached hydrogen (secondary N) is 2. The van der Waals surface area contributed by atoms with Crippen LogP contribution in [0.25, 0.3) is 11.1 Å². The molecule has 0 saturated heterocycles. The fraction of sp³-hybridized carbons (Fsp3) is 0.0909. The van der Waals surface area contributed by atoms with E-state index in [1.165, 1.54) is 29.4 Å². The van der Waals surface area contributed by atoms with Crippen LogP contribution in [-0.4, -0.2) is 18.1 Å². The second kappa shape index (κ2) is 7.62. The monoisotopic (exact) mass is 408 g/mol. The lowest BCUT2D eigenvalue weighted by Crippen LogP contribution is -2.34. The number of hydrogen-bond acceptors (Lipinski definition) is 3. The van der Waals surface area contributed by atoms with Crippen LogP contribution in [-0.2, 0) is 6.42 Å². The van der Waals surface area contributed by atoms with Gasteiger partial charge in [-0.15, -0.1) is 0 Å². The summed E-state index contributed by atoms with van der Waals surface area (Å²) in [6.45, 7) is 0. The van der Waals surface area contributed by atoms with E-state index in [0.29, 0.717) is 16.3 Å².